The largest absolute Gasteiger partial charge is 0.462 e. The Labute approximate surface area is 189 Å². The number of aromatic nitrogens is 2. The lowest BCUT2D eigenvalue weighted by molar-refractivity contribution is -0.115. The highest BCUT2D eigenvalue weighted by Crippen LogP contribution is 2.28. The molecule has 0 saturated carbocycles. The van der Waals surface area contributed by atoms with Gasteiger partial charge < -0.3 is 15.8 Å². The number of carbonyl (C=O) groups is 2. The average Bonchev–Trinajstić information content (AvgIpc) is 2.78. The van der Waals surface area contributed by atoms with E-state index in [1.165, 1.54) is 17.8 Å². The molecule has 0 bridgehead atoms. The van der Waals surface area contributed by atoms with Crippen molar-refractivity contribution >= 4 is 35.1 Å². The van der Waals surface area contributed by atoms with Gasteiger partial charge in [0.2, 0.25) is 5.91 Å². The molecule has 2 aromatic carbocycles. The lowest BCUT2D eigenvalue weighted by atomic mass is 10.2. The van der Waals surface area contributed by atoms with Crippen molar-refractivity contribution in [3.8, 4) is 5.69 Å². The second-order valence-electron chi connectivity index (χ2n) is 6.77. The fraction of sp³-hybridized carbons (Fsp3) is 0.217. The Morgan fingerprint density at radius 3 is 2.44 bits per heavy atom. The van der Waals surface area contributed by atoms with Crippen molar-refractivity contribution in [1.82, 2.24) is 9.55 Å². The number of para-hydroxylation sites is 1. The molecule has 1 unspecified atom stereocenters. The van der Waals surface area contributed by atoms with Gasteiger partial charge in [-0.15, -0.1) is 0 Å². The van der Waals surface area contributed by atoms with Crippen molar-refractivity contribution in [3.05, 3.63) is 76.6 Å². The smallest absolute Gasteiger partial charge is 0.338 e. The van der Waals surface area contributed by atoms with Gasteiger partial charge in [-0.1, -0.05) is 36.9 Å². The minimum atomic E-state index is -0.525. The number of nitrogen functional groups attached to an aromatic ring is 1. The number of carbonyl (C=O) groups excluding carboxylic acids is 2. The van der Waals surface area contributed by atoms with Crippen molar-refractivity contribution < 1.29 is 14.3 Å². The summed E-state index contributed by atoms with van der Waals surface area (Å²) in [5.41, 5.74) is 7.32. The fourth-order valence-electron chi connectivity index (χ4n) is 2.97. The topological polar surface area (TPSA) is 116 Å². The molecule has 1 aromatic heterocycles. The number of ether oxygens (including phenoxy) is 1. The Morgan fingerprint density at radius 2 is 1.81 bits per heavy atom. The zero-order chi connectivity index (χ0) is 23.1. The first kappa shape index (κ1) is 23.1. The number of nitrogens with two attached hydrogens (primary N) is 1. The van der Waals surface area contributed by atoms with Crippen LogP contribution in [-0.2, 0) is 9.53 Å². The standard InChI is InChI=1S/C23H24N4O4S/c1-3-18(21(29)25-16-12-10-15(11-13-16)22(30)31-4-2)32-23-26-20(28)14-19(24)27(23)17-8-6-5-7-9-17/h5-14,18H,3-4,24H2,1-2H3,(H,25,29). The van der Waals surface area contributed by atoms with Crippen LogP contribution in [0.4, 0.5) is 11.5 Å². The molecule has 8 nitrogen and oxygen atoms in total. The van der Waals surface area contributed by atoms with Crippen LogP contribution in [0, 0.1) is 0 Å². The average molecular weight is 453 g/mol. The van der Waals surface area contributed by atoms with Crippen LogP contribution in [0.15, 0.2) is 70.6 Å². The van der Waals surface area contributed by atoms with E-state index in [2.05, 4.69) is 10.3 Å². The molecular weight excluding hydrogens is 428 g/mol. The third-order valence-electron chi connectivity index (χ3n) is 4.52. The molecule has 3 N–H and O–H groups in total. The van der Waals surface area contributed by atoms with Crippen molar-refractivity contribution in [2.75, 3.05) is 17.7 Å². The molecule has 1 heterocycles. The Bertz CT molecular complexity index is 1150. The zero-order valence-electron chi connectivity index (χ0n) is 17.8. The Morgan fingerprint density at radius 1 is 1.12 bits per heavy atom. The summed E-state index contributed by atoms with van der Waals surface area (Å²) in [5.74, 6) is -0.430. The molecule has 1 atom stereocenters. The number of esters is 1. The highest BCUT2D eigenvalue weighted by molar-refractivity contribution is 8.00. The summed E-state index contributed by atoms with van der Waals surface area (Å²) in [6, 6.07) is 17.0. The van der Waals surface area contributed by atoms with E-state index in [1.807, 2.05) is 37.3 Å². The number of hydrogen-bond acceptors (Lipinski definition) is 7. The highest BCUT2D eigenvalue weighted by atomic mass is 32.2. The van der Waals surface area contributed by atoms with E-state index in [4.69, 9.17) is 10.5 Å². The minimum absolute atomic E-state index is 0.239. The molecule has 0 aliphatic rings. The predicted octanol–water partition coefficient (Wildman–Crippen LogP) is 3.50. The summed E-state index contributed by atoms with van der Waals surface area (Å²) >= 11 is 1.17. The molecule has 0 radical (unpaired) electrons. The van der Waals surface area contributed by atoms with Crippen LogP contribution in [-0.4, -0.2) is 33.3 Å². The summed E-state index contributed by atoms with van der Waals surface area (Å²) < 4.78 is 6.61. The monoisotopic (exact) mass is 452 g/mol. The molecule has 0 aliphatic carbocycles. The number of benzene rings is 2. The van der Waals surface area contributed by atoms with E-state index in [1.54, 1.807) is 35.8 Å². The van der Waals surface area contributed by atoms with Crippen LogP contribution in [0.2, 0.25) is 0 Å². The summed E-state index contributed by atoms with van der Waals surface area (Å²) in [6.45, 7) is 3.90. The summed E-state index contributed by atoms with van der Waals surface area (Å²) in [5, 5.41) is 2.65. The number of thioether (sulfide) groups is 1. The maximum Gasteiger partial charge on any atom is 0.338 e. The van der Waals surface area contributed by atoms with E-state index < -0.39 is 16.8 Å². The normalized spacial score (nSPS) is 11.6. The zero-order valence-corrected chi connectivity index (χ0v) is 18.6. The quantitative estimate of drug-likeness (QED) is 0.305. The van der Waals surface area contributed by atoms with Gasteiger partial charge in [-0.3, -0.25) is 14.2 Å². The Balaban J connectivity index is 1.80. The molecule has 3 rings (SSSR count). The van der Waals surface area contributed by atoms with Gasteiger partial charge in [0.15, 0.2) is 5.16 Å². The van der Waals surface area contributed by atoms with Crippen LogP contribution >= 0.6 is 11.8 Å². The predicted molar refractivity (Wildman–Crippen MR) is 125 cm³/mol. The van der Waals surface area contributed by atoms with E-state index in [-0.39, 0.29) is 11.7 Å². The number of anilines is 2. The number of nitrogens with one attached hydrogen (secondary N) is 1. The van der Waals surface area contributed by atoms with E-state index in [0.717, 1.165) is 5.69 Å². The molecule has 0 aliphatic heterocycles. The van der Waals surface area contributed by atoms with Gasteiger partial charge in [-0.2, -0.15) is 4.98 Å². The van der Waals surface area contributed by atoms with E-state index in [9.17, 15) is 14.4 Å². The molecule has 3 aromatic rings. The number of nitrogens with zero attached hydrogens (tertiary/aromatic N) is 2. The SMILES string of the molecule is CCOC(=O)c1ccc(NC(=O)C(CC)Sc2nc(=O)cc(N)n2-c2ccccc2)cc1. The lowest BCUT2D eigenvalue weighted by Gasteiger charge is -2.19. The van der Waals surface area contributed by atoms with E-state index >= 15 is 0 Å². The van der Waals surface area contributed by atoms with Crippen LogP contribution in [0.25, 0.3) is 5.69 Å². The molecule has 1 amide bonds. The van der Waals surface area contributed by atoms with Crippen molar-refractivity contribution in [1.29, 1.82) is 0 Å². The van der Waals surface area contributed by atoms with Crippen LogP contribution in [0.3, 0.4) is 0 Å². The third kappa shape index (κ3) is 5.55. The van der Waals surface area contributed by atoms with Crippen molar-refractivity contribution in [2.24, 2.45) is 0 Å². The summed E-state index contributed by atoms with van der Waals surface area (Å²) in [7, 11) is 0. The molecular formula is C23H24N4O4S. The van der Waals surface area contributed by atoms with Crippen LogP contribution in [0.1, 0.15) is 30.6 Å². The van der Waals surface area contributed by atoms with Gasteiger partial charge in [-0.05, 0) is 49.7 Å². The number of rotatable bonds is 8. The second-order valence-corrected chi connectivity index (χ2v) is 7.94. The molecule has 166 valence electrons. The van der Waals surface area contributed by atoms with Gasteiger partial charge in [0.25, 0.3) is 5.56 Å². The Hall–Kier alpha value is -3.59. The van der Waals surface area contributed by atoms with Crippen molar-refractivity contribution in [3.63, 3.8) is 0 Å². The van der Waals surface area contributed by atoms with Gasteiger partial charge in [0.05, 0.1) is 17.4 Å². The number of amides is 1. The molecule has 0 spiro atoms. The number of hydrogen-bond donors (Lipinski definition) is 2. The Kier molecular flexibility index (Phi) is 7.67. The molecule has 0 saturated heterocycles. The van der Waals surface area contributed by atoms with Crippen LogP contribution < -0.4 is 16.6 Å². The van der Waals surface area contributed by atoms with Gasteiger partial charge in [0.1, 0.15) is 5.82 Å². The van der Waals surface area contributed by atoms with Crippen molar-refractivity contribution in [2.45, 2.75) is 30.7 Å². The van der Waals surface area contributed by atoms with E-state index in [0.29, 0.717) is 29.4 Å². The third-order valence-corrected chi connectivity index (χ3v) is 5.83. The molecule has 32 heavy (non-hydrogen) atoms. The van der Waals surface area contributed by atoms with Crippen LogP contribution in [0.5, 0.6) is 0 Å². The summed E-state index contributed by atoms with van der Waals surface area (Å²) in [4.78, 5) is 40.8. The first-order valence-electron chi connectivity index (χ1n) is 10.1. The first-order valence-corrected chi connectivity index (χ1v) is 11.0. The fourth-order valence-corrected chi connectivity index (χ4v) is 4.02. The second kappa shape index (κ2) is 10.6. The maximum absolute atomic E-state index is 12.9. The molecule has 9 heteroatoms. The minimum Gasteiger partial charge on any atom is -0.462 e. The maximum atomic E-state index is 12.9. The van der Waals surface area contributed by atoms with Gasteiger partial charge in [-0.25, -0.2) is 4.79 Å². The van der Waals surface area contributed by atoms with Gasteiger partial charge >= 0.3 is 5.97 Å². The summed E-state index contributed by atoms with van der Waals surface area (Å²) in [6.07, 6.45) is 0.497. The first-order chi connectivity index (χ1) is 15.4. The molecule has 0 fully saturated rings. The van der Waals surface area contributed by atoms with Gasteiger partial charge in [0, 0.05) is 17.4 Å². The lowest BCUT2D eigenvalue weighted by Crippen LogP contribution is -2.26. The highest BCUT2D eigenvalue weighted by Gasteiger charge is 2.22.